The molecule has 1 N–H and O–H groups in total. The van der Waals surface area contributed by atoms with Crippen molar-refractivity contribution < 1.29 is 0 Å². The van der Waals surface area contributed by atoms with Gasteiger partial charge in [0, 0.05) is 20.0 Å². The van der Waals surface area contributed by atoms with E-state index in [1.54, 1.807) is 11.0 Å². The van der Waals surface area contributed by atoms with Crippen molar-refractivity contribution in [2.75, 3.05) is 13.1 Å². The Morgan fingerprint density at radius 3 is 2.67 bits per heavy atom. The summed E-state index contributed by atoms with van der Waals surface area (Å²) < 4.78 is 1.75. The fraction of sp³-hybridized carbons (Fsp3) is 0.818. The third kappa shape index (κ3) is 4.42. The topological polar surface area (TPSA) is 42.7 Å². The van der Waals surface area contributed by atoms with Crippen LogP contribution in [-0.2, 0) is 13.5 Å². The molecule has 0 saturated heterocycles. The normalized spacial score (nSPS) is 11.2. The summed E-state index contributed by atoms with van der Waals surface area (Å²) in [6, 6.07) is 0. The third-order valence-corrected chi connectivity index (χ3v) is 2.76. The Labute approximate surface area is 92.1 Å². The molecule has 1 rings (SSSR count). The van der Waals surface area contributed by atoms with Gasteiger partial charge >= 0.3 is 0 Å². The van der Waals surface area contributed by atoms with Crippen LogP contribution in [0.2, 0.25) is 0 Å². The molecule has 1 heterocycles. The molecule has 0 amide bonds. The van der Waals surface area contributed by atoms with E-state index >= 15 is 0 Å². The van der Waals surface area contributed by atoms with E-state index in [0.29, 0.717) is 0 Å². The summed E-state index contributed by atoms with van der Waals surface area (Å²) in [7, 11) is 1.90. The molecular weight excluding hydrogens is 188 g/mol. The molecule has 0 fully saturated rings. The van der Waals surface area contributed by atoms with Crippen molar-refractivity contribution in [2.45, 2.75) is 33.1 Å². The second kappa shape index (κ2) is 6.56. The molecule has 4 heteroatoms. The average Bonchev–Trinajstić information content (AvgIpc) is 2.65. The summed E-state index contributed by atoms with van der Waals surface area (Å²) >= 11 is 0. The lowest BCUT2D eigenvalue weighted by atomic mass is 10.0. The highest BCUT2D eigenvalue weighted by molar-refractivity contribution is 4.81. The van der Waals surface area contributed by atoms with E-state index in [0.717, 1.165) is 31.3 Å². The maximum absolute atomic E-state index is 4.23. The number of hydrogen-bond acceptors (Lipinski definition) is 3. The van der Waals surface area contributed by atoms with Crippen LogP contribution in [0.4, 0.5) is 0 Å². The fourth-order valence-corrected chi connectivity index (χ4v) is 1.58. The van der Waals surface area contributed by atoms with Crippen molar-refractivity contribution in [3.8, 4) is 0 Å². The molecule has 1 aromatic rings. The zero-order chi connectivity index (χ0) is 11.1. The monoisotopic (exact) mass is 210 g/mol. The highest BCUT2D eigenvalue weighted by Gasteiger charge is 2.03. The van der Waals surface area contributed by atoms with E-state index in [-0.39, 0.29) is 0 Å². The van der Waals surface area contributed by atoms with Gasteiger partial charge < -0.3 is 5.32 Å². The first-order valence-electron chi connectivity index (χ1n) is 5.81. The largest absolute Gasteiger partial charge is 0.316 e. The minimum absolute atomic E-state index is 0.807. The molecule has 0 aliphatic carbocycles. The van der Waals surface area contributed by atoms with Crippen LogP contribution in [0, 0.1) is 5.92 Å². The van der Waals surface area contributed by atoms with Gasteiger partial charge in [0.2, 0.25) is 0 Å². The van der Waals surface area contributed by atoms with Crippen molar-refractivity contribution in [1.82, 2.24) is 20.1 Å². The molecule has 0 saturated carbocycles. The van der Waals surface area contributed by atoms with E-state index < -0.39 is 0 Å². The lowest BCUT2D eigenvalue weighted by Crippen LogP contribution is -2.24. The summed E-state index contributed by atoms with van der Waals surface area (Å²) in [5.74, 6) is 1.73. The second-order valence-corrected chi connectivity index (χ2v) is 3.97. The molecule has 1 aromatic heterocycles. The number of nitrogens with one attached hydrogen (secondary N) is 1. The van der Waals surface area contributed by atoms with Gasteiger partial charge in [-0.25, -0.2) is 4.98 Å². The van der Waals surface area contributed by atoms with Gasteiger partial charge in [-0.1, -0.05) is 26.7 Å². The molecule has 0 spiro atoms. The van der Waals surface area contributed by atoms with Gasteiger partial charge in [-0.15, -0.1) is 0 Å². The number of hydrogen-bond donors (Lipinski definition) is 1. The van der Waals surface area contributed by atoms with Crippen molar-refractivity contribution in [3.05, 3.63) is 12.2 Å². The van der Waals surface area contributed by atoms with Crippen molar-refractivity contribution in [3.63, 3.8) is 0 Å². The number of rotatable bonds is 7. The van der Waals surface area contributed by atoms with Gasteiger partial charge in [0.1, 0.15) is 6.33 Å². The molecule has 0 aromatic carbocycles. The molecule has 0 unspecified atom stereocenters. The van der Waals surface area contributed by atoms with Gasteiger partial charge in [0.25, 0.3) is 0 Å². The second-order valence-electron chi connectivity index (χ2n) is 3.97. The summed E-state index contributed by atoms with van der Waals surface area (Å²) in [4.78, 5) is 4.18. The molecule has 15 heavy (non-hydrogen) atoms. The first kappa shape index (κ1) is 12.2. The molecule has 0 aliphatic rings. The van der Waals surface area contributed by atoms with Crippen molar-refractivity contribution >= 4 is 0 Å². The van der Waals surface area contributed by atoms with Crippen LogP contribution in [0.25, 0.3) is 0 Å². The predicted molar refractivity (Wildman–Crippen MR) is 61.6 cm³/mol. The van der Waals surface area contributed by atoms with E-state index in [1.807, 2.05) is 7.05 Å². The highest BCUT2D eigenvalue weighted by atomic mass is 15.3. The van der Waals surface area contributed by atoms with Crippen LogP contribution in [0.1, 0.15) is 32.5 Å². The number of aromatic nitrogens is 3. The smallest absolute Gasteiger partial charge is 0.151 e. The fourth-order valence-electron chi connectivity index (χ4n) is 1.58. The first-order valence-corrected chi connectivity index (χ1v) is 5.81. The first-order chi connectivity index (χ1) is 7.26. The Hall–Kier alpha value is -0.900. The summed E-state index contributed by atoms with van der Waals surface area (Å²) in [5, 5.41) is 7.69. The summed E-state index contributed by atoms with van der Waals surface area (Å²) in [6.45, 7) is 6.58. The Bertz CT molecular complexity index is 265. The highest BCUT2D eigenvalue weighted by Crippen LogP contribution is 2.04. The summed E-state index contributed by atoms with van der Waals surface area (Å²) in [5.41, 5.74) is 0. The minimum Gasteiger partial charge on any atom is -0.316 e. The summed E-state index contributed by atoms with van der Waals surface area (Å²) in [6.07, 6.45) is 5.17. The molecule has 4 nitrogen and oxygen atoms in total. The molecule has 0 atom stereocenters. The van der Waals surface area contributed by atoms with Gasteiger partial charge in [-0.3, -0.25) is 4.68 Å². The maximum Gasteiger partial charge on any atom is 0.151 e. The van der Waals surface area contributed by atoms with Gasteiger partial charge in [0.05, 0.1) is 0 Å². The minimum atomic E-state index is 0.807. The Balaban J connectivity index is 2.11. The molecule has 0 aliphatic heterocycles. The van der Waals surface area contributed by atoms with E-state index in [4.69, 9.17) is 0 Å². The van der Waals surface area contributed by atoms with E-state index in [9.17, 15) is 0 Å². The van der Waals surface area contributed by atoms with Crippen LogP contribution in [0.5, 0.6) is 0 Å². The number of nitrogens with zero attached hydrogens (tertiary/aromatic N) is 3. The Kier molecular flexibility index (Phi) is 5.32. The molecule has 0 radical (unpaired) electrons. The zero-order valence-electron chi connectivity index (χ0n) is 10.0. The van der Waals surface area contributed by atoms with Crippen molar-refractivity contribution in [1.29, 1.82) is 0 Å². The van der Waals surface area contributed by atoms with Gasteiger partial charge in [0.15, 0.2) is 5.82 Å². The standard InChI is InChI=1S/C11H22N4/c1-4-10(5-2)8-12-7-6-11-13-9-15(3)14-11/h9-10,12H,4-8H2,1-3H3. The third-order valence-electron chi connectivity index (χ3n) is 2.76. The van der Waals surface area contributed by atoms with Crippen LogP contribution in [-0.4, -0.2) is 27.9 Å². The lowest BCUT2D eigenvalue weighted by molar-refractivity contribution is 0.450. The molecular formula is C11H22N4. The van der Waals surface area contributed by atoms with Crippen molar-refractivity contribution in [2.24, 2.45) is 13.0 Å². The van der Waals surface area contributed by atoms with Crippen LogP contribution in [0.15, 0.2) is 6.33 Å². The molecule has 86 valence electrons. The van der Waals surface area contributed by atoms with Gasteiger partial charge in [-0.05, 0) is 12.5 Å². The SMILES string of the molecule is CCC(CC)CNCCc1ncn(C)n1. The molecule has 0 bridgehead atoms. The van der Waals surface area contributed by atoms with Crippen LogP contribution >= 0.6 is 0 Å². The van der Waals surface area contributed by atoms with E-state index in [1.165, 1.54) is 12.8 Å². The van der Waals surface area contributed by atoms with Crippen LogP contribution < -0.4 is 5.32 Å². The Morgan fingerprint density at radius 1 is 1.40 bits per heavy atom. The van der Waals surface area contributed by atoms with E-state index in [2.05, 4.69) is 29.2 Å². The van der Waals surface area contributed by atoms with Crippen LogP contribution in [0.3, 0.4) is 0 Å². The predicted octanol–water partition coefficient (Wildman–Crippen LogP) is 1.38. The Morgan fingerprint density at radius 2 is 2.13 bits per heavy atom. The quantitative estimate of drug-likeness (QED) is 0.691. The average molecular weight is 210 g/mol. The number of aryl methyl sites for hydroxylation is 1. The lowest BCUT2D eigenvalue weighted by Gasteiger charge is -2.12. The zero-order valence-corrected chi connectivity index (χ0v) is 10.0. The maximum atomic E-state index is 4.23. The van der Waals surface area contributed by atoms with Gasteiger partial charge in [-0.2, -0.15) is 5.10 Å².